The number of aromatic carboxylic acids is 1. The lowest BCUT2D eigenvalue weighted by Crippen LogP contribution is -2.19. The summed E-state index contributed by atoms with van der Waals surface area (Å²) in [6.07, 6.45) is 1.48. The van der Waals surface area contributed by atoms with Crippen LogP contribution in [0.2, 0.25) is 0 Å². The van der Waals surface area contributed by atoms with Crippen molar-refractivity contribution in [2.75, 3.05) is 21.3 Å². The minimum atomic E-state index is -1.20. The van der Waals surface area contributed by atoms with E-state index in [1.165, 1.54) is 27.4 Å². The van der Waals surface area contributed by atoms with Crippen LogP contribution >= 0.6 is 11.8 Å². The summed E-state index contributed by atoms with van der Waals surface area (Å²) in [5.74, 6) is -0.635. The van der Waals surface area contributed by atoms with Gasteiger partial charge in [0.1, 0.15) is 17.0 Å². The van der Waals surface area contributed by atoms with Crippen molar-refractivity contribution in [2.45, 2.75) is 0 Å². The van der Waals surface area contributed by atoms with Gasteiger partial charge in [-0.3, -0.25) is 4.79 Å². The molecular formula is C20H18N2O6S. The second-order valence-electron chi connectivity index (χ2n) is 5.72. The molecule has 1 fully saturated rings. The molecule has 0 saturated carbocycles. The monoisotopic (exact) mass is 414 g/mol. The molecule has 0 spiro atoms. The second-order valence-corrected chi connectivity index (χ2v) is 6.75. The molecule has 8 nitrogen and oxygen atoms in total. The van der Waals surface area contributed by atoms with Crippen molar-refractivity contribution in [1.82, 2.24) is 5.32 Å². The third-order valence-corrected chi connectivity index (χ3v) is 4.95. The van der Waals surface area contributed by atoms with Gasteiger partial charge in [-0.1, -0.05) is 18.2 Å². The molecule has 150 valence electrons. The predicted octanol–water partition coefficient (Wildman–Crippen LogP) is 3.30. The molecule has 2 N–H and O–H groups in total. The van der Waals surface area contributed by atoms with Crippen LogP contribution in [0.25, 0.3) is 6.08 Å². The summed E-state index contributed by atoms with van der Waals surface area (Å²) in [5.41, 5.74) is 0.783. The number of amidine groups is 1. The average Bonchev–Trinajstić information content (AvgIpc) is 3.06. The number of nitrogens with zero attached hydrogens (tertiary/aromatic N) is 1. The Morgan fingerprint density at radius 2 is 1.79 bits per heavy atom. The van der Waals surface area contributed by atoms with Gasteiger partial charge < -0.3 is 24.6 Å². The zero-order valence-electron chi connectivity index (χ0n) is 15.9. The number of benzene rings is 2. The summed E-state index contributed by atoms with van der Waals surface area (Å²) >= 11 is 1.10. The molecule has 1 saturated heterocycles. The Labute approximate surface area is 171 Å². The lowest BCUT2D eigenvalue weighted by molar-refractivity contribution is -0.115. The molecule has 29 heavy (non-hydrogen) atoms. The minimum Gasteiger partial charge on any atom is -0.494 e. The van der Waals surface area contributed by atoms with Crippen molar-refractivity contribution in [2.24, 2.45) is 4.99 Å². The van der Waals surface area contributed by atoms with E-state index >= 15 is 0 Å². The van der Waals surface area contributed by atoms with E-state index in [1.807, 2.05) is 12.1 Å². The lowest BCUT2D eigenvalue weighted by atomic mass is 10.0. The molecule has 0 aromatic heterocycles. The Morgan fingerprint density at radius 3 is 2.45 bits per heavy atom. The van der Waals surface area contributed by atoms with Gasteiger partial charge in [-0.25, -0.2) is 9.79 Å². The van der Waals surface area contributed by atoms with Gasteiger partial charge in [-0.2, -0.15) is 0 Å². The Hall–Kier alpha value is -3.46. The summed E-state index contributed by atoms with van der Waals surface area (Å²) in [4.78, 5) is 28.9. The quantitative estimate of drug-likeness (QED) is 0.699. The Bertz CT molecular complexity index is 1030. The van der Waals surface area contributed by atoms with Gasteiger partial charge in [0.05, 0.1) is 26.2 Å². The maximum atomic E-state index is 12.4. The van der Waals surface area contributed by atoms with Crippen molar-refractivity contribution in [3.8, 4) is 17.2 Å². The standard InChI is InChI=1S/C20H18N2O6S/c1-26-13-7-5-4-6-12(13)21-20-22-18(23)15(29-20)10-11-8-9-14(27-2)17(28-3)16(11)19(24)25/h4-10H,1-3H3,(H,24,25)(H,21,22,23)/b15-10+. The van der Waals surface area contributed by atoms with Gasteiger partial charge >= 0.3 is 5.97 Å². The van der Waals surface area contributed by atoms with Crippen LogP contribution in [0, 0.1) is 0 Å². The van der Waals surface area contributed by atoms with Crippen LogP contribution in [0.1, 0.15) is 15.9 Å². The number of para-hydroxylation sites is 2. The first-order chi connectivity index (χ1) is 14.0. The van der Waals surface area contributed by atoms with E-state index in [9.17, 15) is 14.7 Å². The summed E-state index contributed by atoms with van der Waals surface area (Å²) in [6.45, 7) is 0. The number of carboxylic acids is 1. The first-order valence-corrected chi connectivity index (χ1v) is 9.21. The molecule has 0 radical (unpaired) electrons. The lowest BCUT2D eigenvalue weighted by Gasteiger charge is -2.12. The molecule has 3 rings (SSSR count). The van der Waals surface area contributed by atoms with Crippen molar-refractivity contribution in [3.05, 3.63) is 52.4 Å². The molecule has 1 aliphatic rings. The number of thioether (sulfide) groups is 1. The number of carboxylic acid groups (broad SMARTS) is 1. The summed E-state index contributed by atoms with van der Waals surface area (Å²) in [5, 5.41) is 12.7. The number of aliphatic imine (C=N–C) groups is 1. The normalized spacial score (nSPS) is 16.0. The number of carbonyl (C=O) groups is 2. The topological polar surface area (TPSA) is 106 Å². The Morgan fingerprint density at radius 1 is 1.07 bits per heavy atom. The van der Waals surface area contributed by atoms with Gasteiger partial charge in [0.15, 0.2) is 16.7 Å². The number of hydrogen-bond acceptors (Lipinski definition) is 7. The molecule has 0 atom stereocenters. The minimum absolute atomic E-state index is 0.0840. The number of hydrogen-bond donors (Lipinski definition) is 2. The van der Waals surface area contributed by atoms with E-state index < -0.39 is 5.97 Å². The Balaban J connectivity index is 1.99. The number of methoxy groups -OCH3 is 3. The van der Waals surface area contributed by atoms with Gasteiger partial charge in [-0.05, 0) is 41.6 Å². The maximum absolute atomic E-state index is 12.4. The Kier molecular flexibility index (Phi) is 6.08. The van der Waals surface area contributed by atoms with Gasteiger partial charge in [0, 0.05) is 0 Å². The zero-order chi connectivity index (χ0) is 21.0. The largest absolute Gasteiger partial charge is 0.494 e. The fraction of sp³-hybridized carbons (Fsp3) is 0.150. The molecule has 0 unspecified atom stereocenters. The van der Waals surface area contributed by atoms with Crippen molar-refractivity contribution < 1.29 is 28.9 Å². The molecule has 1 amide bonds. The molecule has 1 heterocycles. The van der Waals surface area contributed by atoms with Crippen molar-refractivity contribution in [3.63, 3.8) is 0 Å². The van der Waals surface area contributed by atoms with E-state index in [-0.39, 0.29) is 23.0 Å². The fourth-order valence-corrected chi connectivity index (χ4v) is 3.56. The highest BCUT2D eigenvalue weighted by Gasteiger charge is 2.26. The third-order valence-electron chi connectivity index (χ3n) is 4.04. The number of rotatable bonds is 6. The van der Waals surface area contributed by atoms with Crippen LogP contribution in [0.15, 0.2) is 46.3 Å². The molecule has 1 aliphatic heterocycles. The van der Waals surface area contributed by atoms with E-state index in [4.69, 9.17) is 14.2 Å². The van der Waals surface area contributed by atoms with Crippen LogP contribution in [-0.4, -0.2) is 43.5 Å². The molecule has 0 aliphatic carbocycles. The number of amides is 1. The van der Waals surface area contributed by atoms with E-state index in [0.29, 0.717) is 27.1 Å². The smallest absolute Gasteiger partial charge is 0.340 e. The van der Waals surface area contributed by atoms with Gasteiger partial charge in [0.2, 0.25) is 0 Å². The summed E-state index contributed by atoms with van der Waals surface area (Å²) in [6, 6.07) is 10.3. The van der Waals surface area contributed by atoms with E-state index in [2.05, 4.69) is 10.3 Å². The summed E-state index contributed by atoms with van der Waals surface area (Å²) in [7, 11) is 4.31. The van der Waals surface area contributed by atoms with Crippen molar-refractivity contribution >= 4 is 40.6 Å². The van der Waals surface area contributed by atoms with E-state index in [1.54, 1.807) is 24.3 Å². The first-order valence-electron chi connectivity index (χ1n) is 8.39. The van der Waals surface area contributed by atoms with Crippen LogP contribution in [0.5, 0.6) is 17.2 Å². The molecule has 2 aromatic rings. The predicted molar refractivity (Wildman–Crippen MR) is 110 cm³/mol. The SMILES string of the molecule is COc1ccccc1N=C1NC(=O)/C(=C\c2ccc(OC)c(OC)c2C(=O)O)S1. The highest BCUT2D eigenvalue weighted by Crippen LogP contribution is 2.37. The molecular weight excluding hydrogens is 396 g/mol. The number of carbonyl (C=O) groups excluding carboxylic acids is 1. The molecule has 2 aromatic carbocycles. The van der Waals surface area contributed by atoms with Gasteiger partial charge in [0.25, 0.3) is 5.91 Å². The highest BCUT2D eigenvalue weighted by atomic mass is 32.2. The van der Waals surface area contributed by atoms with Crippen molar-refractivity contribution in [1.29, 1.82) is 0 Å². The van der Waals surface area contributed by atoms with Crippen LogP contribution in [0.4, 0.5) is 5.69 Å². The van der Waals surface area contributed by atoms with Crippen LogP contribution in [0.3, 0.4) is 0 Å². The summed E-state index contributed by atoms with van der Waals surface area (Å²) < 4.78 is 15.6. The van der Waals surface area contributed by atoms with E-state index in [0.717, 1.165) is 11.8 Å². The van der Waals surface area contributed by atoms with Crippen LogP contribution < -0.4 is 19.5 Å². The zero-order valence-corrected chi connectivity index (χ0v) is 16.7. The third kappa shape index (κ3) is 4.19. The highest BCUT2D eigenvalue weighted by molar-refractivity contribution is 8.18. The average molecular weight is 414 g/mol. The first kappa shape index (κ1) is 20.3. The van der Waals surface area contributed by atoms with Gasteiger partial charge in [-0.15, -0.1) is 0 Å². The maximum Gasteiger partial charge on any atom is 0.340 e. The molecule has 0 bridgehead atoms. The van der Waals surface area contributed by atoms with Crippen LogP contribution in [-0.2, 0) is 4.79 Å². The fourth-order valence-electron chi connectivity index (χ4n) is 2.74. The number of nitrogens with one attached hydrogen (secondary N) is 1. The molecule has 9 heteroatoms. The number of ether oxygens (including phenoxy) is 3. The second kappa shape index (κ2) is 8.70.